The summed E-state index contributed by atoms with van der Waals surface area (Å²) in [6, 6.07) is 0. The van der Waals surface area contributed by atoms with Crippen LogP contribution in [0.3, 0.4) is 0 Å². The van der Waals surface area contributed by atoms with Gasteiger partial charge in [0.2, 0.25) is 0 Å². The summed E-state index contributed by atoms with van der Waals surface area (Å²) in [4.78, 5) is 12.5. The van der Waals surface area contributed by atoms with Crippen LogP contribution in [0.4, 0.5) is 0 Å². The van der Waals surface area contributed by atoms with E-state index in [2.05, 4.69) is 33.0 Å². The SMILES string of the molecule is CCCCCCCCCCCCNCCCC(C)[C@H]1CC[C@H]2C3[C@H](OCCCN)C[C@@H]4C[C@H](OC(=O)CCN)CC[C@]4(C)[C@H]3C[C@H](OCCCN)[C@]12C. The highest BCUT2D eigenvalue weighted by Crippen LogP contribution is 2.69. The van der Waals surface area contributed by atoms with Crippen LogP contribution in [-0.4, -0.2) is 70.2 Å². The maximum absolute atomic E-state index is 12.5. The van der Waals surface area contributed by atoms with Crippen LogP contribution in [0.1, 0.15) is 169 Å². The molecule has 0 aromatic carbocycles. The van der Waals surface area contributed by atoms with E-state index in [0.29, 0.717) is 61.6 Å². The minimum absolute atomic E-state index is 0.0140. The number of esters is 1. The lowest BCUT2D eigenvalue weighted by molar-refractivity contribution is -0.227. The molecule has 4 fully saturated rings. The molecule has 4 rings (SSSR count). The maximum Gasteiger partial charge on any atom is 0.307 e. The molecule has 11 atom stereocenters. The zero-order valence-electron chi connectivity index (χ0n) is 35.1. The molecule has 0 saturated heterocycles. The lowest BCUT2D eigenvalue weighted by Crippen LogP contribution is -2.63. The van der Waals surface area contributed by atoms with Crippen LogP contribution < -0.4 is 22.5 Å². The molecule has 4 aliphatic rings. The van der Waals surface area contributed by atoms with Gasteiger partial charge in [0.25, 0.3) is 0 Å². The molecule has 0 heterocycles. The first-order valence-electron chi connectivity index (χ1n) is 23.0. The van der Waals surface area contributed by atoms with E-state index in [4.69, 9.17) is 31.4 Å². The van der Waals surface area contributed by atoms with Crippen LogP contribution in [0.15, 0.2) is 0 Å². The Bertz CT molecular complexity index is 1020. The van der Waals surface area contributed by atoms with Crippen molar-refractivity contribution in [3.8, 4) is 0 Å². The van der Waals surface area contributed by atoms with Crippen molar-refractivity contribution in [3.05, 3.63) is 0 Å². The van der Waals surface area contributed by atoms with E-state index < -0.39 is 0 Å². The summed E-state index contributed by atoms with van der Waals surface area (Å²) in [6.07, 6.45) is 26.7. The first-order chi connectivity index (χ1) is 25.7. The third-order valence-electron chi connectivity index (χ3n) is 15.2. The van der Waals surface area contributed by atoms with Gasteiger partial charge in [-0.2, -0.15) is 0 Å². The van der Waals surface area contributed by atoms with Crippen molar-refractivity contribution in [2.45, 2.75) is 187 Å². The fourth-order valence-electron chi connectivity index (χ4n) is 12.2. The molecule has 8 nitrogen and oxygen atoms in total. The first-order valence-corrected chi connectivity index (χ1v) is 23.0. The minimum atomic E-state index is -0.150. The van der Waals surface area contributed by atoms with E-state index in [9.17, 15) is 4.79 Å². The number of rotatable bonds is 27. The Kier molecular flexibility index (Phi) is 19.9. The highest BCUT2D eigenvalue weighted by Gasteiger charge is 2.66. The highest BCUT2D eigenvalue weighted by molar-refractivity contribution is 5.69. The summed E-state index contributed by atoms with van der Waals surface area (Å²) in [7, 11) is 0. The predicted molar refractivity (Wildman–Crippen MR) is 219 cm³/mol. The minimum Gasteiger partial charge on any atom is -0.462 e. The molecule has 0 radical (unpaired) electrons. The Morgan fingerprint density at radius 2 is 1.42 bits per heavy atom. The summed E-state index contributed by atoms with van der Waals surface area (Å²) < 4.78 is 19.9. The number of hydrogen-bond acceptors (Lipinski definition) is 8. The molecule has 2 unspecified atom stereocenters. The Labute approximate surface area is 326 Å². The van der Waals surface area contributed by atoms with Crippen molar-refractivity contribution in [3.63, 3.8) is 0 Å². The van der Waals surface area contributed by atoms with E-state index >= 15 is 0 Å². The van der Waals surface area contributed by atoms with E-state index in [1.807, 2.05) is 0 Å². The molecule has 0 aliphatic heterocycles. The van der Waals surface area contributed by atoms with Crippen LogP contribution in [0.5, 0.6) is 0 Å². The highest BCUT2D eigenvalue weighted by atomic mass is 16.5. The standard InChI is InChI=1S/C45H86N4O4/c1-5-6-7-8-9-10-11-12-13-14-27-49-28-15-18-34(2)37-19-20-38-43-39(33-41(45(37,38)4)52-30-17-25-47)44(3)23-21-36(53-42(50)22-26-48)31-35(44)32-40(43)51-29-16-24-46/h34-41,43,49H,5-33,46-48H2,1-4H3/t34?,35-,36+,37+,38-,39-,40+,41-,43?,44-,45+/m0/s1. The average Bonchev–Trinajstić information content (AvgIpc) is 3.50. The topological polar surface area (TPSA) is 135 Å². The van der Waals surface area contributed by atoms with Crippen LogP contribution in [0, 0.1) is 46.3 Å². The van der Waals surface area contributed by atoms with Crippen molar-refractivity contribution < 1.29 is 19.0 Å². The van der Waals surface area contributed by atoms with Crippen molar-refractivity contribution in [2.24, 2.45) is 63.5 Å². The van der Waals surface area contributed by atoms with E-state index in [-0.39, 0.29) is 35.1 Å². The second-order valence-electron chi connectivity index (χ2n) is 18.5. The van der Waals surface area contributed by atoms with Crippen LogP contribution in [-0.2, 0) is 19.0 Å². The third kappa shape index (κ3) is 12.1. The Morgan fingerprint density at radius 3 is 2.09 bits per heavy atom. The summed E-state index contributed by atoms with van der Waals surface area (Å²) in [5, 5.41) is 3.79. The molecule has 0 amide bonds. The summed E-state index contributed by atoms with van der Waals surface area (Å²) in [6.45, 7) is 15.5. The average molecular weight is 747 g/mol. The number of ether oxygens (including phenoxy) is 3. The molecule has 0 bridgehead atoms. The monoisotopic (exact) mass is 747 g/mol. The number of carbonyl (C=O) groups is 1. The summed E-state index contributed by atoms with van der Waals surface area (Å²) in [5.74, 6) is 3.30. The molecule has 4 saturated carbocycles. The van der Waals surface area contributed by atoms with Gasteiger partial charge in [-0.3, -0.25) is 4.79 Å². The predicted octanol–water partition coefficient (Wildman–Crippen LogP) is 8.52. The smallest absolute Gasteiger partial charge is 0.307 e. The molecule has 310 valence electrons. The van der Waals surface area contributed by atoms with Gasteiger partial charge in [0.05, 0.1) is 18.6 Å². The number of carbonyl (C=O) groups excluding carboxylic acids is 1. The van der Waals surface area contributed by atoms with Gasteiger partial charge in [0, 0.05) is 25.2 Å². The van der Waals surface area contributed by atoms with Crippen molar-refractivity contribution in [1.29, 1.82) is 0 Å². The van der Waals surface area contributed by atoms with Crippen LogP contribution in [0.2, 0.25) is 0 Å². The number of nitrogens with two attached hydrogens (primary N) is 3. The molecule has 0 aromatic heterocycles. The molecule has 0 aromatic rings. The van der Waals surface area contributed by atoms with Crippen LogP contribution in [0.25, 0.3) is 0 Å². The number of hydrogen-bond donors (Lipinski definition) is 4. The largest absolute Gasteiger partial charge is 0.462 e. The Hall–Kier alpha value is -0.770. The molecule has 7 N–H and O–H groups in total. The Morgan fingerprint density at radius 1 is 0.755 bits per heavy atom. The Balaban J connectivity index is 1.37. The first kappa shape index (κ1) is 44.9. The number of fused-ring (bicyclic) bond motifs is 5. The maximum atomic E-state index is 12.5. The third-order valence-corrected chi connectivity index (χ3v) is 15.2. The molecule has 4 aliphatic carbocycles. The second kappa shape index (κ2) is 23.5. The zero-order chi connectivity index (χ0) is 38.1. The summed E-state index contributed by atoms with van der Waals surface area (Å²) in [5.41, 5.74) is 18.0. The lowest BCUT2D eigenvalue weighted by Gasteiger charge is -2.64. The van der Waals surface area contributed by atoms with Gasteiger partial charge in [0.1, 0.15) is 6.10 Å². The lowest BCUT2D eigenvalue weighted by atomic mass is 9.43. The van der Waals surface area contributed by atoms with Crippen LogP contribution >= 0.6 is 0 Å². The molecule has 8 heteroatoms. The van der Waals surface area contributed by atoms with Gasteiger partial charge < -0.3 is 36.7 Å². The van der Waals surface area contributed by atoms with Gasteiger partial charge in [-0.15, -0.1) is 0 Å². The van der Waals surface area contributed by atoms with Gasteiger partial charge in [0.15, 0.2) is 0 Å². The van der Waals surface area contributed by atoms with E-state index in [1.54, 1.807) is 0 Å². The van der Waals surface area contributed by atoms with Gasteiger partial charge in [-0.25, -0.2) is 0 Å². The molecule has 53 heavy (non-hydrogen) atoms. The zero-order valence-corrected chi connectivity index (χ0v) is 35.1. The fourth-order valence-corrected chi connectivity index (χ4v) is 12.2. The molecule has 0 spiro atoms. The van der Waals surface area contributed by atoms with Gasteiger partial charge in [-0.05, 0) is 144 Å². The van der Waals surface area contributed by atoms with E-state index in [1.165, 1.54) is 89.9 Å². The van der Waals surface area contributed by atoms with Crippen molar-refractivity contribution >= 4 is 5.97 Å². The fraction of sp³-hybridized carbons (Fsp3) is 0.978. The van der Waals surface area contributed by atoms with Crippen molar-refractivity contribution in [1.82, 2.24) is 5.32 Å². The summed E-state index contributed by atoms with van der Waals surface area (Å²) >= 11 is 0. The van der Waals surface area contributed by atoms with E-state index in [0.717, 1.165) is 71.2 Å². The normalized spacial score (nSPS) is 34.3. The molecular formula is C45H86N4O4. The van der Waals surface area contributed by atoms with Crippen molar-refractivity contribution in [2.75, 3.05) is 45.9 Å². The quantitative estimate of drug-likeness (QED) is 0.0486. The van der Waals surface area contributed by atoms with Gasteiger partial charge in [-0.1, -0.05) is 85.5 Å². The van der Waals surface area contributed by atoms with Gasteiger partial charge >= 0.3 is 5.97 Å². The second-order valence-corrected chi connectivity index (χ2v) is 18.5. The molecular weight excluding hydrogens is 661 g/mol. The number of nitrogens with one attached hydrogen (secondary N) is 1. The number of unbranched alkanes of at least 4 members (excludes halogenated alkanes) is 9.